The minimum absolute atomic E-state index is 0.148. The van der Waals surface area contributed by atoms with Crippen LogP contribution in [0.1, 0.15) is 5.76 Å². The van der Waals surface area contributed by atoms with Crippen molar-refractivity contribution in [2.24, 2.45) is 5.90 Å². The maximum absolute atomic E-state index is 11.6. The highest BCUT2D eigenvalue weighted by molar-refractivity contribution is 5.83. The number of nitrogens with two attached hydrogens (primary N) is 1. The fourth-order valence-electron chi connectivity index (χ4n) is 1.40. The Bertz CT molecular complexity index is 530. The lowest BCUT2D eigenvalue weighted by Gasteiger charge is -2.02. The predicted molar refractivity (Wildman–Crippen MR) is 52.0 cm³/mol. The summed E-state index contributed by atoms with van der Waals surface area (Å²) in [4.78, 5) is 16.2. The van der Waals surface area contributed by atoms with Gasteiger partial charge in [0.05, 0.1) is 0 Å². The Balaban J connectivity index is 2.94. The second-order valence-corrected chi connectivity index (χ2v) is 2.97. The lowest BCUT2D eigenvalue weighted by atomic mass is 10.2. The summed E-state index contributed by atoms with van der Waals surface area (Å²) in [5, 5.41) is 0.376. The first kappa shape index (κ1) is 8.77. The molecule has 2 N–H and O–H groups in total. The molecule has 0 fully saturated rings. The molecule has 1 aromatic carbocycles. The fraction of sp³-hybridized carbons (Fsp3) is 0.100. The molecule has 0 radical (unpaired) electrons. The first-order chi connectivity index (χ1) is 6.72. The Morgan fingerprint density at radius 1 is 1.43 bits per heavy atom. The van der Waals surface area contributed by atoms with E-state index < -0.39 is 0 Å². The van der Waals surface area contributed by atoms with Crippen LogP contribution in [0, 0.1) is 6.92 Å². The number of hydrogen-bond acceptors (Lipinski definition) is 4. The summed E-state index contributed by atoms with van der Waals surface area (Å²) in [7, 11) is 0. The van der Waals surface area contributed by atoms with Crippen LogP contribution in [0.5, 0.6) is 5.75 Å². The molecular weight excluding hydrogens is 182 g/mol. The lowest BCUT2D eigenvalue weighted by molar-refractivity contribution is 0.338. The van der Waals surface area contributed by atoms with Crippen molar-refractivity contribution < 1.29 is 9.25 Å². The van der Waals surface area contributed by atoms with Crippen molar-refractivity contribution in [3.05, 3.63) is 40.2 Å². The molecule has 0 amide bonds. The van der Waals surface area contributed by atoms with E-state index in [4.69, 9.17) is 10.3 Å². The molecule has 2 aromatic rings. The Labute approximate surface area is 79.9 Å². The van der Waals surface area contributed by atoms with E-state index in [0.29, 0.717) is 22.5 Å². The van der Waals surface area contributed by atoms with Gasteiger partial charge in [0.25, 0.3) is 0 Å². The predicted octanol–water partition coefficient (Wildman–Crippen LogP) is 1.35. The van der Waals surface area contributed by atoms with Crippen LogP contribution in [0.4, 0.5) is 0 Å². The average molecular weight is 191 g/mol. The van der Waals surface area contributed by atoms with Crippen LogP contribution in [0.15, 0.2) is 33.5 Å². The van der Waals surface area contributed by atoms with Gasteiger partial charge < -0.3 is 9.25 Å². The molecule has 0 spiro atoms. The first-order valence-corrected chi connectivity index (χ1v) is 4.12. The van der Waals surface area contributed by atoms with Crippen molar-refractivity contribution in [2.45, 2.75) is 6.92 Å². The van der Waals surface area contributed by atoms with E-state index in [1.807, 2.05) is 0 Å². The van der Waals surface area contributed by atoms with E-state index in [-0.39, 0.29) is 5.43 Å². The van der Waals surface area contributed by atoms with Crippen molar-refractivity contribution >= 4 is 11.0 Å². The van der Waals surface area contributed by atoms with E-state index in [1.165, 1.54) is 6.07 Å². The van der Waals surface area contributed by atoms with Crippen LogP contribution in [0.2, 0.25) is 0 Å². The van der Waals surface area contributed by atoms with Gasteiger partial charge in [-0.1, -0.05) is 6.07 Å². The van der Waals surface area contributed by atoms with Gasteiger partial charge in [-0.2, -0.15) is 5.90 Å². The van der Waals surface area contributed by atoms with Gasteiger partial charge in [0.1, 0.15) is 16.7 Å². The molecule has 0 atom stereocenters. The van der Waals surface area contributed by atoms with Crippen LogP contribution < -0.4 is 16.2 Å². The second kappa shape index (κ2) is 3.16. The molecule has 72 valence electrons. The van der Waals surface area contributed by atoms with Gasteiger partial charge in [-0.15, -0.1) is 0 Å². The average Bonchev–Trinajstić information content (AvgIpc) is 2.16. The van der Waals surface area contributed by atoms with Crippen molar-refractivity contribution in [3.63, 3.8) is 0 Å². The summed E-state index contributed by atoms with van der Waals surface area (Å²) in [5.41, 5.74) is 0.336. The summed E-state index contributed by atoms with van der Waals surface area (Å²) in [5.74, 6) is 5.94. The van der Waals surface area contributed by atoms with E-state index in [9.17, 15) is 4.79 Å². The standard InChI is InChI=1S/C10H9NO3/c1-6-5-7(12)10-8(13-6)3-2-4-9(10)14-11/h2-5H,11H2,1H3. The van der Waals surface area contributed by atoms with Crippen molar-refractivity contribution in [1.29, 1.82) is 0 Å². The SMILES string of the molecule is Cc1cc(=O)c2c(ON)cccc2o1. The number of benzene rings is 1. The topological polar surface area (TPSA) is 65.5 Å². The monoisotopic (exact) mass is 191 g/mol. The van der Waals surface area contributed by atoms with Crippen LogP contribution in [-0.2, 0) is 0 Å². The quantitative estimate of drug-likeness (QED) is 0.691. The van der Waals surface area contributed by atoms with Gasteiger partial charge in [0.15, 0.2) is 11.2 Å². The summed E-state index contributed by atoms with van der Waals surface area (Å²) in [6.07, 6.45) is 0. The molecule has 2 rings (SSSR count). The fourth-order valence-corrected chi connectivity index (χ4v) is 1.40. The smallest absolute Gasteiger partial charge is 0.196 e. The number of rotatable bonds is 1. The maximum atomic E-state index is 11.6. The molecule has 0 bridgehead atoms. The van der Waals surface area contributed by atoms with E-state index in [0.717, 1.165) is 0 Å². The number of hydrogen-bond donors (Lipinski definition) is 1. The normalized spacial score (nSPS) is 10.4. The Hall–Kier alpha value is -1.81. The third-order valence-electron chi connectivity index (χ3n) is 1.97. The largest absolute Gasteiger partial charge is 0.461 e. The zero-order valence-corrected chi connectivity index (χ0v) is 7.61. The molecule has 0 unspecified atom stereocenters. The van der Waals surface area contributed by atoms with E-state index >= 15 is 0 Å². The second-order valence-electron chi connectivity index (χ2n) is 2.97. The summed E-state index contributed by atoms with van der Waals surface area (Å²) < 4.78 is 5.35. The van der Waals surface area contributed by atoms with Crippen molar-refractivity contribution in [3.8, 4) is 5.75 Å². The van der Waals surface area contributed by atoms with Crippen LogP contribution >= 0.6 is 0 Å². The highest BCUT2D eigenvalue weighted by atomic mass is 16.6. The Morgan fingerprint density at radius 3 is 2.93 bits per heavy atom. The number of aryl methyl sites for hydroxylation is 1. The Morgan fingerprint density at radius 2 is 2.21 bits per heavy atom. The van der Waals surface area contributed by atoms with Gasteiger partial charge in [-0.3, -0.25) is 4.79 Å². The third-order valence-corrected chi connectivity index (χ3v) is 1.97. The molecule has 4 heteroatoms. The van der Waals surface area contributed by atoms with E-state index in [1.54, 1.807) is 25.1 Å². The first-order valence-electron chi connectivity index (χ1n) is 4.12. The highest BCUT2D eigenvalue weighted by Crippen LogP contribution is 2.21. The molecular formula is C10H9NO3. The minimum Gasteiger partial charge on any atom is -0.461 e. The summed E-state index contributed by atoms with van der Waals surface area (Å²) in [6.45, 7) is 1.72. The van der Waals surface area contributed by atoms with E-state index in [2.05, 4.69) is 4.84 Å². The van der Waals surface area contributed by atoms with Crippen LogP contribution in [-0.4, -0.2) is 0 Å². The molecule has 0 aliphatic rings. The van der Waals surface area contributed by atoms with Crippen LogP contribution in [0.3, 0.4) is 0 Å². The van der Waals surface area contributed by atoms with Crippen molar-refractivity contribution in [1.82, 2.24) is 0 Å². The van der Waals surface area contributed by atoms with Gasteiger partial charge >= 0.3 is 0 Å². The minimum atomic E-state index is -0.148. The van der Waals surface area contributed by atoms with Gasteiger partial charge in [0, 0.05) is 6.07 Å². The van der Waals surface area contributed by atoms with Crippen molar-refractivity contribution in [2.75, 3.05) is 0 Å². The summed E-state index contributed by atoms with van der Waals surface area (Å²) >= 11 is 0. The lowest BCUT2D eigenvalue weighted by Crippen LogP contribution is -2.07. The van der Waals surface area contributed by atoms with Gasteiger partial charge in [-0.25, -0.2) is 0 Å². The zero-order valence-electron chi connectivity index (χ0n) is 7.61. The molecule has 0 saturated heterocycles. The number of fused-ring (bicyclic) bond motifs is 1. The third kappa shape index (κ3) is 1.25. The molecule has 1 heterocycles. The molecule has 4 nitrogen and oxygen atoms in total. The maximum Gasteiger partial charge on any atom is 0.196 e. The summed E-state index contributed by atoms with van der Waals surface area (Å²) in [6, 6.07) is 6.44. The van der Waals surface area contributed by atoms with Gasteiger partial charge in [-0.05, 0) is 19.1 Å². The van der Waals surface area contributed by atoms with Gasteiger partial charge in [0.2, 0.25) is 0 Å². The molecule has 0 saturated carbocycles. The molecule has 0 aliphatic carbocycles. The molecule has 1 aromatic heterocycles. The molecule has 0 aliphatic heterocycles. The highest BCUT2D eigenvalue weighted by Gasteiger charge is 2.07. The van der Waals surface area contributed by atoms with Crippen LogP contribution in [0.25, 0.3) is 11.0 Å². The molecule has 14 heavy (non-hydrogen) atoms. The zero-order chi connectivity index (χ0) is 10.1. The Kier molecular flexibility index (Phi) is 1.98.